The second-order valence-electron chi connectivity index (χ2n) is 7.15. The maximum atomic E-state index is 12.7. The number of thiophene rings is 1. The summed E-state index contributed by atoms with van der Waals surface area (Å²) in [7, 11) is 3.18. The van der Waals surface area contributed by atoms with E-state index in [0.717, 1.165) is 24.1 Å². The highest BCUT2D eigenvalue weighted by Crippen LogP contribution is 2.35. The number of rotatable bonds is 6. The summed E-state index contributed by atoms with van der Waals surface area (Å²) < 4.78 is 10.6. The van der Waals surface area contributed by atoms with Gasteiger partial charge in [-0.2, -0.15) is 0 Å². The number of hydrogen-bond donors (Lipinski definition) is 2. The number of Topliss-reactive ketones (excluding diaryl/α,β-unsaturated/α-hetero) is 1. The van der Waals surface area contributed by atoms with Crippen molar-refractivity contribution in [2.45, 2.75) is 25.7 Å². The number of carbonyl (C=O) groups is 2. The Hall–Kier alpha value is -3.13. The zero-order valence-electron chi connectivity index (χ0n) is 16.9. The number of amides is 1. The largest absolute Gasteiger partial charge is 0.493 e. The van der Waals surface area contributed by atoms with Gasteiger partial charge in [0.25, 0.3) is 5.91 Å². The van der Waals surface area contributed by atoms with Gasteiger partial charge in [-0.1, -0.05) is 6.07 Å². The van der Waals surface area contributed by atoms with Crippen molar-refractivity contribution in [3.05, 3.63) is 46.0 Å². The third-order valence-corrected chi connectivity index (χ3v) is 6.39. The molecule has 0 unspecified atom stereocenters. The molecule has 2 heterocycles. The van der Waals surface area contributed by atoms with Crippen LogP contribution in [-0.2, 0) is 12.8 Å². The normalized spacial score (nSPS) is 13.2. The first-order valence-electron chi connectivity index (χ1n) is 9.76. The highest BCUT2D eigenvalue weighted by atomic mass is 32.1. The molecule has 1 aliphatic rings. The van der Waals surface area contributed by atoms with E-state index in [1.165, 1.54) is 11.3 Å². The number of benzene rings is 1. The number of methoxy groups -OCH3 is 2. The smallest absolute Gasteiger partial charge is 0.263 e. The number of anilines is 1. The third kappa shape index (κ3) is 3.70. The predicted octanol–water partition coefficient (Wildman–Crippen LogP) is 3.39. The fourth-order valence-electron chi connectivity index (χ4n) is 3.67. The van der Waals surface area contributed by atoms with Gasteiger partial charge in [0.2, 0.25) is 0 Å². The summed E-state index contributed by atoms with van der Waals surface area (Å²) in [6, 6.07) is 7.47. The topological polar surface area (TPSA) is 104 Å². The third-order valence-electron chi connectivity index (χ3n) is 5.27. The summed E-state index contributed by atoms with van der Waals surface area (Å²) in [4.78, 5) is 30.6. The number of nitrogens with zero attached hydrogens (tertiary/aromatic N) is 1. The van der Waals surface area contributed by atoms with E-state index in [1.807, 2.05) is 18.2 Å². The van der Waals surface area contributed by atoms with Crippen LogP contribution in [0.1, 0.15) is 44.1 Å². The van der Waals surface area contributed by atoms with E-state index in [1.54, 1.807) is 20.3 Å². The Bertz CT molecular complexity index is 1140. The quantitative estimate of drug-likeness (QED) is 0.627. The van der Waals surface area contributed by atoms with Gasteiger partial charge in [0.1, 0.15) is 9.71 Å². The maximum Gasteiger partial charge on any atom is 0.263 e. The Morgan fingerprint density at radius 2 is 2.00 bits per heavy atom. The fraction of sp³-hybridized carbons (Fsp3) is 0.318. The minimum Gasteiger partial charge on any atom is -0.493 e. The van der Waals surface area contributed by atoms with E-state index in [2.05, 4.69) is 10.3 Å². The molecular weight excluding hydrogens is 402 g/mol. The van der Waals surface area contributed by atoms with Gasteiger partial charge in [-0.25, -0.2) is 4.98 Å². The molecule has 2 aromatic heterocycles. The van der Waals surface area contributed by atoms with Crippen molar-refractivity contribution in [1.29, 1.82) is 0 Å². The van der Waals surface area contributed by atoms with Gasteiger partial charge in [-0.3, -0.25) is 9.59 Å². The zero-order chi connectivity index (χ0) is 21.3. The number of carbonyl (C=O) groups excluding carboxylic acids is 2. The Balaban J connectivity index is 1.48. The van der Waals surface area contributed by atoms with Crippen LogP contribution in [0, 0.1) is 0 Å². The number of ether oxygens (including phenoxy) is 2. The highest BCUT2D eigenvalue weighted by molar-refractivity contribution is 7.21. The Labute approximate surface area is 178 Å². The van der Waals surface area contributed by atoms with Gasteiger partial charge in [-0.05, 0) is 43.0 Å². The Kier molecular flexibility index (Phi) is 5.59. The molecule has 30 heavy (non-hydrogen) atoms. The van der Waals surface area contributed by atoms with Gasteiger partial charge < -0.3 is 20.5 Å². The predicted molar refractivity (Wildman–Crippen MR) is 117 cm³/mol. The molecule has 3 N–H and O–H groups in total. The second-order valence-corrected chi connectivity index (χ2v) is 8.15. The number of nitrogens with two attached hydrogens (primary N) is 1. The molecule has 0 fully saturated rings. The van der Waals surface area contributed by atoms with Crippen molar-refractivity contribution in [1.82, 2.24) is 10.3 Å². The first kappa shape index (κ1) is 20.2. The van der Waals surface area contributed by atoms with Gasteiger partial charge in [-0.15, -0.1) is 11.3 Å². The molecule has 1 amide bonds. The molecule has 156 valence electrons. The van der Waals surface area contributed by atoms with Crippen LogP contribution >= 0.6 is 11.3 Å². The molecule has 0 saturated carbocycles. The molecule has 0 saturated heterocycles. The molecule has 0 spiro atoms. The van der Waals surface area contributed by atoms with E-state index >= 15 is 0 Å². The first-order chi connectivity index (χ1) is 14.5. The molecule has 0 radical (unpaired) electrons. The summed E-state index contributed by atoms with van der Waals surface area (Å²) in [6.45, 7) is 0.449. The molecule has 3 aromatic rings. The van der Waals surface area contributed by atoms with Gasteiger partial charge >= 0.3 is 0 Å². The zero-order valence-corrected chi connectivity index (χ0v) is 17.7. The van der Waals surface area contributed by atoms with E-state index in [9.17, 15) is 9.59 Å². The molecule has 4 rings (SSSR count). The van der Waals surface area contributed by atoms with Crippen molar-refractivity contribution in [3.8, 4) is 11.5 Å². The summed E-state index contributed by atoms with van der Waals surface area (Å²) in [5.41, 5.74) is 9.08. The van der Waals surface area contributed by atoms with Crippen molar-refractivity contribution in [3.63, 3.8) is 0 Å². The van der Waals surface area contributed by atoms with E-state index in [0.29, 0.717) is 57.2 Å². The lowest BCUT2D eigenvalue weighted by atomic mass is 9.94. The van der Waals surface area contributed by atoms with Crippen LogP contribution in [0.2, 0.25) is 0 Å². The monoisotopic (exact) mass is 425 g/mol. The lowest BCUT2D eigenvalue weighted by Gasteiger charge is -2.13. The van der Waals surface area contributed by atoms with E-state index < -0.39 is 0 Å². The van der Waals surface area contributed by atoms with Crippen LogP contribution in [0.3, 0.4) is 0 Å². The first-order valence-corrected chi connectivity index (χ1v) is 10.6. The minimum atomic E-state index is -0.236. The lowest BCUT2D eigenvalue weighted by molar-refractivity contribution is 0.0955. The van der Waals surface area contributed by atoms with Crippen molar-refractivity contribution in [2.24, 2.45) is 0 Å². The van der Waals surface area contributed by atoms with Crippen molar-refractivity contribution < 1.29 is 19.1 Å². The number of pyridine rings is 1. The second kappa shape index (κ2) is 8.31. The van der Waals surface area contributed by atoms with Crippen LogP contribution in [-0.4, -0.2) is 37.4 Å². The average Bonchev–Trinajstić information content (AvgIpc) is 3.08. The van der Waals surface area contributed by atoms with Crippen LogP contribution in [0.15, 0.2) is 24.3 Å². The summed E-state index contributed by atoms with van der Waals surface area (Å²) in [5, 5.41) is 3.60. The SMILES string of the molecule is COc1ccc(CCNC(=O)c2sc3nc4c(cc3c2N)C(=O)CCC4)cc1OC. The average molecular weight is 426 g/mol. The Morgan fingerprint density at radius 1 is 1.20 bits per heavy atom. The number of fused-ring (bicyclic) bond motifs is 2. The van der Waals surface area contributed by atoms with E-state index in [4.69, 9.17) is 15.2 Å². The molecular formula is C22H23N3O4S. The summed E-state index contributed by atoms with van der Waals surface area (Å²) in [5.74, 6) is 1.18. The van der Waals surface area contributed by atoms with Crippen molar-refractivity contribution in [2.75, 3.05) is 26.5 Å². The molecule has 1 aromatic carbocycles. The number of ketones is 1. The summed E-state index contributed by atoms with van der Waals surface area (Å²) in [6.07, 6.45) is 2.77. The standard InChI is InChI=1S/C22H23N3O4S/c1-28-17-7-6-12(10-18(17)29-2)8-9-24-21(27)20-19(23)14-11-13-15(25-22(14)30-20)4-3-5-16(13)26/h6-7,10-11H,3-5,8-9,23H2,1-2H3,(H,24,27). The minimum absolute atomic E-state index is 0.0946. The number of aromatic nitrogens is 1. The van der Waals surface area contributed by atoms with Crippen LogP contribution in [0.25, 0.3) is 10.2 Å². The van der Waals surface area contributed by atoms with Gasteiger partial charge in [0.05, 0.1) is 25.6 Å². The number of nitrogens with one attached hydrogen (secondary N) is 1. The molecule has 1 aliphatic carbocycles. The number of nitrogen functional groups attached to an aromatic ring is 1. The maximum absolute atomic E-state index is 12.7. The van der Waals surface area contributed by atoms with Crippen LogP contribution in [0.4, 0.5) is 5.69 Å². The molecule has 8 heteroatoms. The Morgan fingerprint density at radius 3 is 2.77 bits per heavy atom. The molecule has 0 bridgehead atoms. The number of hydrogen-bond acceptors (Lipinski definition) is 7. The molecule has 0 aliphatic heterocycles. The highest BCUT2D eigenvalue weighted by Gasteiger charge is 2.23. The summed E-state index contributed by atoms with van der Waals surface area (Å²) >= 11 is 1.27. The fourth-order valence-corrected chi connectivity index (χ4v) is 4.68. The van der Waals surface area contributed by atoms with E-state index in [-0.39, 0.29) is 11.7 Å². The van der Waals surface area contributed by atoms with Gasteiger partial charge in [0, 0.05) is 23.9 Å². The molecule has 0 atom stereocenters. The van der Waals surface area contributed by atoms with Crippen molar-refractivity contribution >= 4 is 38.9 Å². The lowest BCUT2D eigenvalue weighted by Crippen LogP contribution is -2.25. The van der Waals surface area contributed by atoms with Crippen LogP contribution < -0.4 is 20.5 Å². The van der Waals surface area contributed by atoms with Crippen LogP contribution in [0.5, 0.6) is 11.5 Å². The van der Waals surface area contributed by atoms with Gasteiger partial charge in [0.15, 0.2) is 17.3 Å². The number of aryl methyl sites for hydroxylation is 1. The molecule has 7 nitrogen and oxygen atoms in total.